The molecule has 0 aliphatic carbocycles. The van der Waals surface area contributed by atoms with Gasteiger partial charge in [-0.3, -0.25) is 9.59 Å². The number of amides is 2. The standard InChI is InChI=1S/C22H21ClN2O4/c1-13(2)29-22(28)16-11-7-8-12-17(16)25-20(26)18(23)19(21(25)27)24-14(3)15-9-5-4-6-10-15/h4-14,24H,1-3H3. The van der Waals surface area contributed by atoms with E-state index in [0.29, 0.717) is 0 Å². The van der Waals surface area contributed by atoms with Crippen LogP contribution in [-0.2, 0) is 14.3 Å². The van der Waals surface area contributed by atoms with Crippen LogP contribution in [0, 0.1) is 0 Å². The Bertz CT molecular complexity index is 985. The fraction of sp³-hybridized carbons (Fsp3) is 0.227. The van der Waals surface area contributed by atoms with Gasteiger partial charge in [0.05, 0.1) is 17.4 Å². The predicted molar refractivity (Wildman–Crippen MR) is 110 cm³/mol. The number of anilines is 1. The number of benzene rings is 2. The average Bonchev–Trinajstić information content (AvgIpc) is 2.91. The average molecular weight is 413 g/mol. The molecule has 1 aliphatic heterocycles. The lowest BCUT2D eigenvalue weighted by Gasteiger charge is -2.20. The second-order valence-corrected chi connectivity index (χ2v) is 7.26. The van der Waals surface area contributed by atoms with Crippen molar-refractivity contribution >= 4 is 35.1 Å². The molecule has 150 valence electrons. The molecule has 3 rings (SSSR count). The number of esters is 1. The van der Waals surface area contributed by atoms with Crippen LogP contribution in [0.15, 0.2) is 65.3 Å². The van der Waals surface area contributed by atoms with E-state index in [1.807, 2.05) is 37.3 Å². The summed E-state index contributed by atoms with van der Waals surface area (Å²) in [5.74, 6) is -1.93. The van der Waals surface area contributed by atoms with Crippen LogP contribution in [0.4, 0.5) is 5.69 Å². The molecule has 0 fully saturated rings. The van der Waals surface area contributed by atoms with Crippen molar-refractivity contribution in [1.29, 1.82) is 0 Å². The van der Waals surface area contributed by atoms with Crippen molar-refractivity contribution in [2.24, 2.45) is 0 Å². The minimum absolute atomic E-state index is 0.0000460. The SMILES string of the molecule is CC(C)OC(=O)c1ccccc1N1C(=O)C(Cl)=C(NC(C)c2ccccc2)C1=O. The number of hydrogen-bond acceptors (Lipinski definition) is 5. The summed E-state index contributed by atoms with van der Waals surface area (Å²) >= 11 is 6.20. The maximum atomic E-state index is 13.0. The summed E-state index contributed by atoms with van der Waals surface area (Å²) in [6.07, 6.45) is -0.341. The van der Waals surface area contributed by atoms with Gasteiger partial charge in [-0.2, -0.15) is 0 Å². The number of hydrogen-bond donors (Lipinski definition) is 1. The summed E-state index contributed by atoms with van der Waals surface area (Å²) < 4.78 is 5.23. The van der Waals surface area contributed by atoms with Crippen LogP contribution in [0.2, 0.25) is 0 Å². The van der Waals surface area contributed by atoms with Gasteiger partial charge in [-0.25, -0.2) is 9.69 Å². The number of ether oxygens (including phenoxy) is 1. The molecule has 1 aliphatic rings. The van der Waals surface area contributed by atoms with Crippen molar-refractivity contribution in [1.82, 2.24) is 5.32 Å². The number of nitrogens with zero attached hydrogens (tertiary/aromatic N) is 1. The molecular formula is C22H21ClN2O4. The van der Waals surface area contributed by atoms with E-state index in [1.165, 1.54) is 12.1 Å². The third-order valence-corrected chi connectivity index (χ3v) is 4.75. The zero-order valence-electron chi connectivity index (χ0n) is 16.3. The first kappa shape index (κ1) is 20.6. The number of nitrogens with one attached hydrogen (secondary N) is 1. The van der Waals surface area contributed by atoms with Crippen LogP contribution in [0.3, 0.4) is 0 Å². The first-order valence-electron chi connectivity index (χ1n) is 9.21. The molecule has 29 heavy (non-hydrogen) atoms. The van der Waals surface area contributed by atoms with Crippen molar-refractivity contribution in [2.45, 2.75) is 32.9 Å². The fourth-order valence-electron chi connectivity index (χ4n) is 3.01. The molecule has 2 amide bonds. The van der Waals surface area contributed by atoms with E-state index in [1.54, 1.807) is 26.0 Å². The molecule has 0 aromatic heterocycles. The molecule has 7 heteroatoms. The zero-order chi connectivity index (χ0) is 21.1. The molecule has 6 nitrogen and oxygen atoms in total. The molecule has 2 aromatic carbocycles. The van der Waals surface area contributed by atoms with Gasteiger partial charge in [-0.15, -0.1) is 0 Å². The molecule has 0 saturated heterocycles. The molecule has 0 saturated carbocycles. The lowest BCUT2D eigenvalue weighted by Crippen LogP contribution is -2.35. The highest BCUT2D eigenvalue weighted by atomic mass is 35.5. The first-order valence-corrected chi connectivity index (χ1v) is 9.59. The van der Waals surface area contributed by atoms with Crippen molar-refractivity contribution in [2.75, 3.05) is 4.90 Å². The molecule has 1 heterocycles. The van der Waals surface area contributed by atoms with Gasteiger partial charge < -0.3 is 10.1 Å². The summed E-state index contributed by atoms with van der Waals surface area (Å²) in [7, 11) is 0. The van der Waals surface area contributed by atoms with Crippen molar-refractivity contribution in [3.05, 3.63) is 76.5 Å². The van der Waals surface area contributed by atoms with Gasteiger partial charge in [0.2, 0.25) is 0 Å². The van der Waals surface area contributed by atoms with Gasteiger partial charge in [0.25, 0.3) is 11.8 Å². The molecule has 1 atom stereocenters. The number of para-hydroxylation sites is 1. The zero-order valence-corrected chi connectivity index (χ0v) is 17.1. The van der Waals surface area contributed by atoms with Crippen LogP contribution in [-0.4, -0.2) is 23.9 Å². The van der Waals surface area contributed by atoms with Crippen LogP contribution in [0.1, 0.15) is 42.7 Å². The highest BCUT2D eigenvalue weighted by molar-refractivity contribution is 6.52. The summed E-state index contributed by atoms with van der Waals surface area (Å²) in [5.41, 5.74) is 1.18. The summed E-state index contributed by atoms with van der Waals surface area (Å²) in [6.45, 7) is 5.30. The van der Waals surface area contributed by atoms with Gasteiger partial charge in [0.15, 0.2) is 0 Å². The van der Waals surface area contributed by atoms with Gasteiger partial charge >= 0.3 is 5.97 Å². The van der Waals surface area contributed by atoms with E-state index in [9.17, 15) is 14.4 Å². The fourth-order valence-corrected chi connectivity index (χ4v) is 3.23. The largest absolute Gasteiger partial charge is 0.459 e. The second-order valence-electron chi connectivity index (χ2n) is 6.88. The van der Waals surface area contributed by atoms with E-state index in [2.05, 4.69) is 5.32 Å². The Kier molecular flexibility index (Phi) is 6.03. The van der Waals surface area contributed by atoms with Crippen LogP contribution < -0.4 is 10.2 Å². The summed E-state index contributed by atoms with van der Waals surface area (Å²) in [5, 5.41) is 2.81. The van der Waals surface area contributed by atoms with Crippen molar-refractivity contribution < 1.29 is 19.1 Å². The number of carbonyl (C=O) groups excluding carboxylic acids is 3. The van der Waals surface area contributed by atoms with Gasteiger partial charge in [0, 0.05) is 6.04 Å². The van der Waals surface area contributed by atoms with Crippen molar-refractivity contribution in [3.63, 3.8) is 0 Å². The third kappa shape index (κ3) is 4.17. The van der Waals surface area contributed by atoms with Gasteiger partial charge in [-0.1, -0.05) is 54.1 Å². The van der Waals surface area contributed by atoms with E-state index in [4.69, 9.17) is 16.3 Å². The molecule has 2 aromatic rings. The second kappa shape index (κ2) is 8.49. The Morgan fingerprint density at radius 2 is 1.59 bits per heavy atom. The minimum Gasteiger partial charge on any atom is -0.459 e. The smallest absolute Gasteiger partial charge is 0.340 e. The molecule has 0 bridgehead atoms. The molecule has 1 unspecified atom stereocenters. The molecule has 0 spiro atoms. The Morgan fingerprint density at radius 1 is 0.966 bits per heavy atom. The normalized spacial score (nSPS) is 15.1. The van der Waals surface area contributed by atoms with Crippen LogP contribution in [0.25, 0.3) is 0 Å². The molecule has 1 N–H and O–H groups in total. The third-order valence-electron chi connectivity index (χ3n) is 4.40. The lowest BCUT2D eigenvalue weighted by atomic mass is 10.1. The Hall–Kier alpha value is -3.12. The number of carbonyl (C=O) groups is 3. The van der Waals surface area contributed by atoms with Gasteiger partial charge in [0.1, 0.15) is 10.7 Å². The topological polar surface area (TPSA) is 75.7 Å². The van der Waals surface area contributed by atoms with E-state index >= 15 is 0 Å². The quantitative estimate of drug-likeness (QED) is 0.574. The van der Waals surface area contributed by atoms with E-state index < -0.39 is 17.8 Å². The van der Waals surface area contributed by atoms with Crippen LogP contribution in [0.5, 0.6) is 0 Å². The molecular weight excluding hydrogens is 392 g/mol. The van der Waals surface area contributed by atoms with E-state index in [-0.39, 0.29) is 34.1 Å². The first-order chi connectivity index (χ1) is 13.8. The highest BCUT2D eigenvalue weighted by Crippen LogP contribution is 2.32. The predicted octanol–water partition coefficient (Wildman–Crippen LogP) is 3.93. The Balaban J connectivity index is 1.90. The van der Waals surface area contributed by atoms with E-state index in [0.717, 1.165) is 10.5 Å². The van der Waals surface area contributed by atoms with Crippen molar-refractivity contribution in [3.8, 4) is 0 Å². The Labute approximate surface area is 174 Å². The summed E-state index contributed by atoms with van der Waals surface area (Å²) in [6, 6.07) is 15.5. The minimum atomic E-state index is -0.691. The maximum absolute atomic E-state index is 13.0. The Morgan fingerprint density at radius 3 is 2.24 bits per heavy atom. The number of rotatable bonds is 6. The molecule has 0 radical (unpaired) electrons. The highest BCUT2D eigenvalue weighted by Gasteiger charge is 2.41. The summed E-state index contributed by atoms with van der Waals surface area (Å²) in [4.78, 5) is 39.1. The number of imide groups is 1. The maximum Gasteiger partial charge on any atom is 0.340 e. The van der Waals surface area contributed by atoms with Gasteiger partial charge in [-0.05, 0) is 38.5 Å². The number of halogens is 1. The van der Waals surface area contributed by atoms with Crippen LogP contribution >= 0.6 is 11.6 Å². The monoisotopic (exact) mass is 412 g/mol. The lowest BCUT2D eigenvalue weighted by molar-refractivity contribution is -0.120.